The van der Waals surface area contributed by atoms with Crippen molar-refractivity contribution in [2.45, 2.75) is 26.7 Å². The minimum absolute atomic E-state index is 0.112. The van der Waals surface area contributed by atoms with Gasteiger partial charge in [0, 0.05) is 17.3 Å². The molecule has 0 bridgehead atoms. The number of hydrogen-bond donors (Lipinski definition) is 0. The van der Waals surface area contributed by atoms with Crippen LogP contribution < -0.4 is 0 Å². The lowest BCUT2D eigenvalue weighted by molar-refractivity contribution is -0.488. The second-order valence-corrected chi connectivity index (χ2v) is 3.79. The van der Waals surface area contributed by atoms with Crippen LogP contribution in [0.1, 0.15) is 24.8 Å². The number of hydrogen-bond acceptors (Lipinski definition) is 6. The van der Waals surface area contributed by atoms with Gasteiger partial charge in [0.1, 0.15) is 0 Å². The average Bonchev–Trinajstić information content (AvgIpc) is 2.58. The van der Waals surface area contributed by atoms with Gasteiger partial charge in [-0.2, -0.15) is 0 Å². The molecule has 0 fully saturated rings. The molecular formula is C9H13N3O5. The van der Waals surface area contributed by atoms with Crippen molar-refractivity contribution in [1.82, 2.24) is 5.16 Å². The average molecular weight is 243 g/mol. The highest BCUT2D eigenvalue weighted by Crippen LogP contribution is 2.26. The molecule has 1 heterocycles. The zero-order valence-corrected chi connectivity index (χ0v) is 9.58. The summed E-state index contributed by atoms with van der Waals surface area (Å²) >= 11 is 0. The summed E-state index contributed by atoms with van der Waals surface area (Å²) in [5, 5.41) is 24.7. The van der Waals surface area contributed by atoms with E-state index in [1.54, 1.807) is 6.92 Å². The van der Waals surface area contributed by atoms with E-state index in [0.29, 0.717) is 6.42 Å². The molecular weight excluding hydrogens is 230 g/mol. The van der Waals surface area contributed by atoms with E-state index >= 15 is 0 Å². The fraction of sp³-hybridized carbons (Fsp3) is 0.667. The van der Waals surface area contributed by atoms with Crippen LogP contribution >= 0.6 is 0 Å². The Kier molecular flexibility index (Phi) is 4.13. The van der Waals surface area contributed by atoms with Crippen LogP contribution in [-0.4, -0.2) is 21.5 Å². The predicted octanol–water partition coefficient (Wildman–Crippen LogP) is 1.74. The van der Waals surface area contributed by atoms with Gasteiger partial charge in [0.2, 0.25) is 12.3 Å². The number of aryl methyl sites for hydroxylation is 1. The minimum Gasteiger partial charge on any atom is -0.354 e. The summed E-state index contributed by atoms with van der Waals surface area (Å²) in [6, 6.07) is 0. The summed E-state index contributed by atoms with van der Waals surface area (Å²) in [4.78, 5) is 20.2. The van der Waals surface area contributed by atoms with E-state index in [9.17, 15) is 20.2 Å². The van der Waals surface area contributed by atoms with Crippen molar-refractivity contribution < 1.29 is 14.4 Å². The molecule has 17 heavy (non-hydrogen) atoms. The van der Waals surface area contributed by atoms with E-state index in [4.69, 9.17) is 4.52 Å². The van der Waals surface area contributed by atoms with Gasteiger partial charge in [-0.3, -0.25) is 20.2 Å². The summed E-state index contributed by atoms with van der Waals surface area (Å²) in [6.07, 6.45) is 0.715. The first-order valence-electron chi connectivity index (χ1n) is 5.17. The van der Waals surface area contributed by atoms with Crippen LogP contribution in [0.2, 0.25) is 0 Å². The van der Waals surface area contributed by atoms with Gasteiger partial charge in [-0.25, -0.2) is 0 Å². The van der Waals surface area contributed by atoms with Gasteiger partial charge in [0.15, 0.2) is 5.69 Å². The largest absolute Gasteiger partial charge is 0.354 e. The fourth-order valence-electron chi connectivity index (χ4n) is 1.59. The first-order valence-corrected chi connectivity index (χ1v) is 5.17. The zero-order valence-electron chi connectivity index (χ0n) is 9.58. The van der Waals surface area contributed by atoms with Crippen LogP contribution in [0.15, 0.2) is 4.52 Å². The predicted molar refractivity (Wildman–Crippen MR) is 57.2 cm³/mol. The highest BCUT2D eigenvalue weighted by atomic mass is 16.6. The van der Waals surface area contributed by atoms with E-state index in [1.807, 2.05) is 0 Å². The van der Waals surface area contributed by atoms with Gasteiger partial charge in [-0.15, -0.1) is 0 Å². The van der Waals surface area contributed by atoms with Crippen LogP contribution in [0.25, 0.3) is 0 Å². The lowest BCUT2D eigenvalue weighted by Gasteiger charge is -2.06. The van der Waals surface area contributed by atoms with Gasteiger partial charge in [-0.1, -0.05) is 12.1 Å². The van der Waals surface area contributed by atoms with Crippen molar-refractivity contribution in [3.05, 3.63) is 31.7 Å². The number of nitrogens with zero attached hydrogens (tertiary/aromatic N) is 3. The molecule has 0 aliphatic carbocycles. The van der Waals surface area contributed by atoms with Gasteiger partial charge in [0.05, 0.1) is 4.92 Å². The lowest BCUT2D eigenvalue weighted by Crippen LogP contribution is -2.16. The second-order valence-electron chi connectivity index (χ2n) is 3.79. The van der Waals surface area contributed by atoms with E-state index in [0.717, 1.165) is 0 Å². The van der Waals surface area contributed by atoms with Crippen molar-refractivity contribution in [2.75, 3.05) is 6.54 Å². The van der Waals surface area contributed by atoms with Crippen LogP contribution in [0, 0.1) is 33.1 Å². The third-order valence-corrected chi connectivity index (χ3v) is 2.54. The number of nitro groups is 2. The van der Waals surface area contributed by atoms with E-state index < -0.39 is 9.85 Å². The first kappa shape index (κ1) is 13.1. The maximum atomic E-state index is 10.8. The van der Waals surface area contributed by atoms with Crippen molar-refractivity contribution in [2.24, 2.45) is 5.92 Å². The van der Waals surface area contributed by atoms with Crippen molar-refractivity contribution in [3.8, 4) is 0 Å². The number of rotatable bonds is 6. The number of aromatic nitrogens is 1. The molecule has 1 atom stereocenters. The quantitative estimate of drug-likeness (QED) is 0.555. The molecule has 1 aromatic rings. The molecule has 8 nitrogen and oxygen atoms in total. The van der Waals surface area contributed by atoms with Crippen LogP contribution in [0.4, 0.5) is 5.69 Å². The van der Waals surface area contributed by atoms with Crippen LogP contribution in [0.5, 0.6) is 0 Å². The highest BCUT2D eigenvalue weighted by molar-refractivity contribution is 5.37. The summed E-state index contributed by atoms with van der Waals surface area (Å²) in [6.45, 7) is 3.04. The van der Waals surface area contributed by atoms with E-state index in [1.165, 1.54) is 6.92 Å². The Labute approximate surface area is 96.9 Å². The lowest BCUT2D eigenvalue weighted by atomic mass is 10.0. The van der Waals surface area contributed by atoms with Gasteiger partial charge >= 0.3 is 5.69 Å². The monoisotopic (exact) mass is 243 g/mol. The van der Waals surface area contributed by atoms with Crippen molar-refractivity contribution in [1.29, 1.82) is 0 Å². The van der Waals surface area contributed by atoms with Gasteiger partial charge in [-0.05, 0) is 13.3 Å². The second kappa shape index (κ2) is 5.37. The summed E-state index contributed by atoms with van der Waals surface area (Å²) < 4.78 is 4.86. The molecule has 0 aromatic carbocycles. The topological polar surface area (TPSA) is 112 Å². The van der Waals surface area contributed by atoms with E-state index in [-0.39, 0.29) is 36.0 Å². The van der Waals surface area contributed by atoms with Crippen LogP contribution in [-0.2, 0) is 6.42 Å². The van der Waals surface area contributed by atoms with Crippen molar-refractivity contribution >= 4 is 5.69 Å². The minimum atomic E-state index is -0.569. The Morgan fingerprint density at radius 1 is 1.41 bits per heavy atom. The molecule has 0 spiro atoms. The highest BCUT2D eigenvalue weighted by Gasteiger charge is 2.27. The molecule has 0 saturated carbocycles. The van der Waals surface area contributed by atoms with E-state index in [2.05, 4.69) is 5.16 Å². The van der Waals surface area contributed by atoms with Crippen molar-refractivity contribution in [3.63, 3.8) is 0 Å². The fourth-order valence-corrected chi connectivity index (χ4v) is 1.59. The molecule has 1 aromatic heterocycles. The third kappa shape index (κ3) is 3.23. The SMILES string of the molecule is CC[C@H](Cc1onc(C)c1[N+](=O)[O-])C[N+](=O)[O-]. The molecule has 0 aliphatic heterocycles. The molecule has 1 rings (SSSR count). The molecule has 0 amide bonds. The maximum Gasteiger partial charge on any atom is 0.334 e. The van der Waals surface area contributed by atoms with Crippen LogP contribution in [0.3, 0.4) is 0 Å². The molecule has 0 radical (unpaired) electrons. The Balaban J connectivity index is 2.86. The van der Waals surface area contributed by atoms with Gasteiger partial charge in [0.25, 0.3) is 0 Å². The molecule has 8 heteroatoms. The molecule has 0 N–H and O–H groups in total. The Morgan fingerprint density at radius 3 is 2.53 bits per heavy atom. The Hall–Kier alpha value is -1.99. The van der Waals surface area contributed by atoms with Gasteiger partial charge < -0.3 is 4.52 Å². The normalized spacial score (nSPS) is 12.4. The molecule has 0 saturated heterocycles. The standard InChI is InChI=1S/C9H13N3O5/c1-3-7(5-11(13)14)4-8-9(12(15)16)6(2)10-17-8/h7H,3-5H2,1-2H3/t7-/m1/s1. The molecule has 0 unspecified atom stereocenters. The summed E-state index contributed by atoms with van der Waals surface area (Å²) in [5.74, 6) is -0.169. The maximum absolute atomic E-state index is 10.8. The summed E-state index contributed by atoms with van der Waals surface area (Å²) in [7, 11) is 0. The summed E-state index contributed by atoms with van der Waals surface area (Å²) in [5.41, 5.74) is 0.0211. The third-order valence-electron chi connectivity index (χ3n) is 2.54. The zero-order chi connectivity index (χ0) is 13.0. The Bertz CT molecular complexity index is 428. The molecule has 0 aliphatic rings. The smallest absolute Gasteiger partial charge is 0.334 e. The molecule has 94 valence electrons. The first-order chi connectivity index (χ1) is 7.95. The Morgan fingerprint density at radius 2 is 2.06 bits per heavy atom.